The van der Waals surface area contributed by atoms with Crippen LogP contribution in [0.1, 0.15) is 49.7 Å². The summed E-state index contributed by atoms with van der Waals surface area (Å²) in [6.45, 7) is 3.54. The van der Waals surface area contributed by atoms with Crippen LogP contribution in [0.3, 0.4) is 0 Å². The monoisotopic (exact) mass is 358 g/mol. The zero-order chi connectivity index (χ0) is 18.1. The number of aryl methyl sites for hydroxylation is 1. The first-order chi connectivity index (χ1) is 12.6. The zero-order valence-corrected chi connectivity index (χ0v) is 15.3. The highest BCUT2D eigenvalue weighted by molar-refractivity contribution is 6.07. The Hall–Kier alpha value is -2.08. The molecule has 3 aliphatic rings. The number of benzene rings is 1. The van der Waals surface area contributed by atoms with E-state index in [1.165, 1.54) is 4.90 Å². The van der Waals surface area contributed by atoms with Crippen LogP contribution in [-0.2, 0) is 16.1 Å². The Balaban J connectivity index is 1.54. The van der Waals surface area contributed by atoms with Crippen molar-refractivity contribution in [2.75, 3.05) is 13.2 Å². The van der Waals surface area contributed by atoms with Gasteiger partial charge in [0.15, 0.2) is 0 Å². The zero-order valence-electron chi connectivity index (χ0n) is 15.3. The maximum absolute atomic E-state index is 13.0. The number of hydrogen-bond donors (Lipinski definition) is 1. The molecule has 1 aliphatic carbocycles. The molecule has 6 heteroatoms. The highest BCUT2D eigenvalue weighted by Crippen LogP contribution is 2.35. The van der Waals surface area contributed by atoms with Crippen LogP contribution in [-0.4, -0.2) is 41.7 Å². The Morgan fingerprint density at radius 3 is 2.81 bits per heavy atom. The minimum atomic E-state index is -0.680. The summed E-state index contributed by atoms with van der Waals surface area (Å²) in [4.78, 5) is 26.9. The van der Waals surface area contributed by atoms with Crippen LogP contribution in [0, 0.1) is 6.92 Å². The van der Waals surface area contributed by atoms with E-state index in [0.29, 0.717) is 13.2 Å². The van der Waals surface area contributed by atoms with Crippen molar-refractivity contribution in [3.05, 3.63) is 29.3 Å². The fourth-order valence-corrected chi connectivity index (χ4v) is 4.17. The largest absolute Gasteiger partial charge is 0.488 e. The van der Waals surface area contributed by atoms with Crippen LogP contribution < -0.4 is 10.1 Å². The van der Waals surface area contributed by atoms with Crippen LogP contribution in [0.2, 0.25) is 0 Å². The molecule has 1 aromatic rings. The standard InChI is InChI=1S/C20H26N2O4/c1-14-5-6-15(17(11-14)26-16-7-10-25-13-16)12-22-18(23)20(21-19(22)24)8-3-2-4-9-20/h5-6,11,16H,2-4,7-10,12-13H2,1H3,(H,21,24)/t16-/m1/s1. The van der Waals surface area contributed by atoms with Gasteiger partial charge in [0.05, 0.1) is 19.8 Å². The van der Waals surface area contributed by atoms with Crippen molar-refractivity contribution in [3.63, 3.8) is 0 Å². The molecule has 1 atom stereocenters. The van der Waals surface area contributed by atoms with Crippen LogP contribution >= 0.6 is 0 Å². The van der Waals surface area contributed by atoms with E-state index in [2.05, 4.69) is 5.32 Å². The van der Waals surface area contributed by atoms with E-state index in [0.717, 1.165) is 55.4 Å². The highest BCUT2D eigenvalue weighted by Gasteiger charge is 2.51. The number of ether oxygens (including phenoxy) is 2. The molecule has 1 N–H and O–H groups in total. The SMILES string of the molecule is Cc1ccc(CN2C(=O)NC3(CCCCC3)C2=O)c(O[C@@H]2CCOC2)c1. The number of rotatable bonds is 4. The number of amides is 3. The molecule has 1 spiro atoms. The maximum atomic E-state index is 13.0. The lowest BCUT2D eigenvalue weighted by Crippen LogP contribution is -2.48. The summed E-state index contributed by atoms with van der Waals surface area (Å²) in [6, 6.07) is 5.63. The summed E-state index contributed by atoms with van der Waals surface area (Å²) in [7, 11) is 0. The van der Waals surface area contributed by atoms with Gasteiger partial charge < -0.3 is 14.8 Å². The molecule has 1 saturated carbocycles. The molecule has 6 nitrogen and oxygen atoms in total. The summed E-state index contributed by atoms with van der Waals surface area (Å²) in [5.41, 5.74) is 1.27. The normalized spacial score (nSPS) is 25.0. The Kier molecular flexibility index (Phi) is 4.61. The number of carbonyl (C=O) groups is 2. The molecule has 0 aromatic heterocycles. The number of nitrogens with one attached hydrogen (secondary N) is 1. The van der Waals surface area contributed by atoms with Gasteiger partial charge in [0.2, 0.25) is 0 Å². The second kappa shape index (κ2) is 6.91. The molecule has 3 fully saturated rings. The van der Waals surface area contributed by atoms with Gasteiger partial charge in [0.25, 0.3) is 5.91 Å². The third kappa shape index (κ3) is 3.18. The number of carbonyl (C=O) groups excluding carboxylic acids is 2. The predicted octanol–water partition coefficient (Wildman–Crippen LogP) is 2.92. The minimum Gasteiger partial charge on any atom is -0.488 e. The minimum absolute atomic E-state index is 0.0309. The van der Waals surface area contributed by atoms with E-state index in [9.17, 15) is 9.59 Å². The molecular formula is C20H26N2O4. The Bertz CT molecular complexity index is 706. The van der Waals surface area contributed by atoms with Crippen LogP contribution in [0.15, 0.2) is 18.2 Å². The lowest BCUT2D eigenvalue weighted by Gasteiger charge is -2.30. The van der Waals surface area contributed by atoms with E-state index >= 15 is 0 Å². The van der Waals surface area contributed by atoms with Crippen LogP contribution in [0.4, 0.5) is 4.79 Å². The molecule has 1 aromatic carbocycles. The van der Waals surface area contributed by atoms with Crippen molar-refractivity contribution in [2.45, 2.75) is 63.6 Å². The van der Waals surface area contributed by atoms with E-state index in [1.807, 2.05) is 25.1 Å². The molecule has 2 aliphatic heterocycles. The summed E-state index contributed by atoms with van der Waals surface area (Å²) < 4.78 is 11.5. The van der Waals surface area contributed by atoms with Gasteiger partial charge >= 0.3 is 6.03 Å². The third-order valence-electron chi connectivity index (χ3n) is 5.69. The van der Waals surface area contributed by atoms with E-state index < -0.39 is 5.54 Å². The molecule has 0 radical (unpaired) electrons. The molecule has 2 heterocycles. The quantitative estimate of drug-likeness (QED) is 0.841. The third-order valence-corrected chi connectivity index (χ3v) is 5.69. The predicted molar refractivity (Wildman–Crippen MR) is 95.9 cm³/mol. The summed E-state index contributed by atoms with van der Waals surface area (Å²) >= 11 is 0. The highest BCUT2D eigenvalue weighted by atomic mass is 16.5. The second-order valence-electron chi connectivity index (χ2n) is 7.68. The summed E-state index contributed by atoms with van der Waals surface area (Å²) in [5.74, 6) is 0.656. The summed E-state index contributed by atoms with van der Waals surface area (Å²) in [5, 5.41) is 2.97. The van der Waals surface area contributed by atoms with E-state index in [-0.39, 0.29) is 24.6 Å². The van der Waals surface area contributed by atoms with Crippen molar-refractivity contribution in [1.82, 2.24) is 10.2 Å². The average molecular weight is 358 g/mol. The number of nitrogens with zero attached hydrogens (tertiary/aromatic N) is 1. The van der Waals surface area contributed by atoms with E-state index in [1.54, 1.807) is 0 Å². The van der Waals surface area contributed by atoms with Gasteiger partial charge in [-0.15, -0.1) is 0 Å². The molecule has 4 rings (SSSR count). The van der Waals surface area contributed by atoms with Crippen molar-refractivity contribution in [2.24, 2.45) is 0 Å². The van der Waals surface area contributed by atoms with Gasteiger partial charge in [0, 0.05) is 12.0 Å². The number of imide groups is 1. The average Bonchev–Trinajstić information content (AvgIpc) is 3.21. The molecule has 2 saturated heterocycles. The van der Waals surface area contributed by atoms with Gasteiger partial charge in [0.1, 0.15) is 17.4 Å². The lowest BCUT2D eigenvalue weighted by molar-refractivity contribution is -0.132. The smallest absolute Gasteiger partial charge is 0.325 e. The van der Waals surface area contributed by atoms with Gasteiger partial charge in [-0.05, 0) is 31.4 Å². The summed E-state index contributed by atoms with van der Waals surface area (Å²) in [6.07, 6.45) is 5.48. The molecule has 0 unspecified atom stereocenters. The first kappa shape index (κ1) is 17.3. The number of hydrogen-bond acceptors (Lipinski definition) is 4. The van der Waals surface area contributed by atoms with Gasteiger partial charge in [-0.25, -0.2) is 4.79 Å². The molecule has 0 bridgehead atoms. The Morgan fingerprint density at radius 2 is 2.08 bits per heavy atom. The van der Waals surface area contributed by atoms with Gasteiger partial charge in [-0.3, -0.25) is 9.69 Å². The first-order valence-electron chi connectivity index (χ1n) is 9.55. The fourth-order valence-electron chi connectivity index (χ4n) is 4.17. The molecular weight excluding hydrogens is 332 g/mol. The molecule has 140 valence electrons. The topological polar surface area (TPSA) is 67.9 Å². The van der Waals surface area contributed by atoms with Crippen LogP contribution in [0.25, 0.3) is 0 Å². The van der Waals surface area contributed by atoms with Gasteiger partial charge in [-0.1, -0.05) is 31.4 Å². The first-order valence-corrected chi connectivity index (χ1v) is 9.55. The molecule has 3 amide bonds. The fraction of sp³-hybridized carbons (Fsp3) is 0.600. The van der Waals surface area contributed by atoms with Crippen molar-refractivity contribution in [1.29, 1.82) is 0 Å². The Morgan fingerprint density at radius 1 is 1.27 bits per heavy atom. The van der Waals surface area contributed by atoms with Crippen molar-refractivity contribution >= 4 is 11.9 Å². The van der Waals surface area contributed by atoms with Crippen molar-refractivity contribution < 1.29 is 19.1 Å². The van der Waals surface area contributed by atoms with E-state index in [4.69, 9.17) is 9.47 Å². The second-order valence-corrected chi connectivity index (χ2v) is 7.68. The maximum Gasteiger partial charge on any atom is 0.325 e. The van der Waals surface area contributed by atoms with Crippen LogP contribution in [0.5, 0.6) is 5.75 Å². The lowest BCUT2D eigenvalue weighted by atomic mass is 9.82. The van der Waals surface area contributed by atoms with Gasteiger partial charge in [-0.2, -0.15) is 0 Å². The Labute approximate surface area is 153 Å². The van der Waals surface area contributed by atoms with Crippen molar-refractivity contribution in [3.8, 4) is 5.75 Å². The number of urea groups is 1. The molecule has 26 heavy (non-hydrogen) atoms.